The second-order valence-corrected chi connectivity index (χ2v) is 6.51. The fourth-order valence-corrected chi connectivity index (χ4v) is 2.86. The van der Waals surface area contributed by atoms with Crippen LogP contribution in [0.25, 0.3) is 0 Å². The molecule has 1 heterocycles. The average Bonchev–Trinajstić information content (AvgIpc) is 2.75. The first-order chi connectivity index (χ1) is 10.3. The number of aryl methyl sites for hydroxylation is 1. The van der Waals surface area contributed by atoms with Crippen molar-refractivity contribution in [2.75, 3.05) is 0 Å². The second-order valence-electron chi connectivity index (χ2n) is 5.26. The van der Waals surface area contributed by atoms with Gasteiger partial charge in [0.25, 0.3) is 0 Å². The minimum Gasteiger partial charge on any atom is -0.483 e. The molecule has 0 spiro atoms. The Hall–Kier alpha value is -1.63. The average molecular weight is 411 g/mol. The molecule has 2 aromatic rings. The molecule has 5 heteroatoms. The molecular formula is C17H18INO3. The Kier molecular flexibility index (Phi) is 5.05. The van der Waals surface area contributed by atoms with Crippen LogP contribution < -0.4 is 4.74 Å². The van der Waals surface area contributed by atoms with Crippen molar-refractivity contribution >= 4 is 34.2 Å². The summed E-state index contributed by atoms with van der Waals surface area (Å²) in [5, 5.41) is 0. The summed E-state index contributed by atoms with van der Waals surface area (Å²) in [6, 6.07) is 7.51. The van der Waals surface area contributed by atoms with Crippen LogP contribution in [0.3, 0.4) is 0 Å². The predicted molar refractivity (Wildman–Crippen MR) is 93.9 cm³/mol. The van der Waals surface area contributed by atoms with Gasteiger partial charge >= 0.3 is 0 Å². The number of aromatic nitrogens is 1. The maximum absolute atomic E-state index is 12.6. The van der Waals surface area contributed by atoms with Crippen LogP contribution in [0.15, 0.2) is 24.3 Å². The molecule has 1 atom stereocenters. The molecule has 0 bridgehead atoms. The van der Waals surface area contributed by atoms with Crippen molar-refractivity contribution in [3.8, 4) is 5.75 Å². The fraction of sp³-hybridized carbons (Fsp3) is 0.294. The lowest BCUT2D eigenvalue weighted by atomic mass is 10.0. The zero-order valence-corrected chi connectivity index (χ0v) is 15.1. The summed E-state index contributed by atoms with van der Waals surface area (Å²) < 4.78 is 6.79. The molecule has 0 radical (unpaired) electrons. The van der Waals surface area contributed by atoms with E-state index in [-0.39, 0.29) is 11.6 Å². The van der Waals surface area contributed by atoms with E-state index in [1.165, 1.54) is 6.92 Å². The van der Waals surface area contributed by atoms with Crippen LogP contribution in [0, 0.1) is 17.4 Å². The molecular weight excluding hydrogens is 393 g/mol. The minimum absolute atomic E-state index is 0.0449. The SMILES string of the molecule is CC(=O)c1c(C)[nH]c(C(=O)[C@@H](C)Oc2ccc(I)cc2)c1C. The van der Waals surface area contributed by atoms with E-state index in [0.717, 1.165) is 9.26 Å². The fourth-order valence-electron chi connectivity index (χ4n) is 2.50. The molecule has 22 heavy (non-hydrogen) atoms. The van der Waals surface area contributed by atoms with Gasteiger partial charge in [-0.1, -0.05) is 0 Å². The monoisotopic (exact) mass is 411 g/mol. The smallest absolute Gasteiger partial charge is 0.219 e. The number of hydrogen-bond donors (Lipinski definition) is 1. The van der Waals surface area contributed by atoms with Gasteiger partial charge in [0.05, 0.1) is 5.69 Å². The van der Waals surface area contributed by atoms with E-state index in [2.05, 4.69) is 27.6 Å². The van der Waals surface area contributed by atoms with E-state index in [1.54, 1.807) is 20.8 Å². The largest absolute Gasteiger partial charge is 0.483 e. The topological polar surface area (TPSA) is 59.2 Å². The van der Waals surface area contributed by atoms with E-state index < -0.39 is 6.10 Å². The lowest BCUT2D eigenvalue weighted by Gasteiger charge is -2.13. The van der Waals surface area contributed by atoms with Crippen LogP contribution in [0.1, 0.15) is 46.0 Å². The van der Waals surface area contributed by atoms with Crippen molar-refractivity contribution in [2.24, 2.45) is 0 Å². The second kappa shape index (κ2) is 6.64. The van der Waals surface area contributed by atoms with Gasteiger partial charge in [-0.3, -0.25) is 9.59 Å². The number of H-pyrrole nitrogens is 1. The van der Waals surface area contributed by atoms with Crippen molar-refractivity contribution in [3.05, 3.63) is 50.4 Å². The third-order valence-electron chi connectivity index (χ3n) is 3.53. The molecule has 0 unspecified atom stereocenters. The molecule has 4 nitrogen and oxygen atoms in total. The predicted octanol–water partition coefficient (Wildman–Crippen LogP) is 4.09. The van der Waals surface area contributed by atoms with E-state index >= 15 is 0 Å². The third-order valence-corrected chi connectivity index (χ3v) is 4.25. The Bertz CT molecular complexity index is 716. The lowest BCUT2D eigenvalue weighted by Crippen LogP contribution is -2.25. The van der Waals surface area contributed by atoms with Gasteiger partial charge in [0.15, 0.2) is 11.9 Å². The van der Waals surface area contributed by atoms with Gasteiger partial charge in [-0.15, -0.1) is 0 Å². The zero-order chi connectivity index (χ0) is 16.4. The molecule has 116 valence electrons. The minimum atomic E-state index is -0.628. The number of nitrogens with one attached hydrogen (secondary N) is 1. The maximum atomic E-state index is 12.6. The first kappa shape index (κ1) is 16.7. The molecule has 2 rings (SSSR count). The Morgan fingerprint density at radius 1 is 1.18 bits per heavy atom. The molecule has 1 aromatic carbocycles. The molecule has 0 amide bonds. The highest BCUT2D eigenvalue weighted by Gasteiger charge is 2.24. The molecule has 1 N–H and O–H groups in total. The summed E-state index contributed by atoms with van der Waals surface area (Å²) in [5.41, 5.74) is 2.44. The van der Waals surface area contributed by atoms with Crippen LogP contribution in [0.5, 0.6) is 5.75 Å². The van der Waals surface area contributed by atoms with Crippen molar-refractivity contribution in [1.29, 1.82) is 0 Å². The highest BCUT2D eigenvalue weighted by Crippen LogP contribution is 2.22. The first-order valence-electron chi connectivity index (χ1n) is 6.97. The van der Waals surface area contributed by atoms with Gasteiger partial charge in [0.1, 0.15) is 5.75 Å². The Balaban J connectivity index is 2.22. The lowest BCUT2D eigenvalue weighted by molar-refractivity contribution is 0.0812. The van der Waals surface area contributed by atoms with Gasteiger partial charge in [-0.25, -0.2) is 0 Å². The van der Waals surface area contributed by atoms with Gasteiger partial charge in [-0.05, 0) is 80.1 Å². The normalized spacial score (nSPS) is 12.0. The van der Waals surface area contributed by atoms with Crippen molar-refractivity contribution in [1.82, 2.24) is 4.98 Å². The van der Waals surface area contributed by atoms with Crippen LogP contribution in [-0.4, -0.2) is 22.7 Å². The van der Waals surface area contributed by atoms with Crippen LogP contribution in [-0.2, 0) is 0 Å². The first-order valence-corrected chi connectivity index (χ1v) is 8.05. The summed E-state index contributed by atoms with van der Waals surface area (Å²) in [6.45, 7) is 6.79. The van der Waals surface area contributed by atoms with Crippen molar-refractivity contribution in [3.63, 3.8) is 0 Å². The molecule has 0 saturated carbocycles. The van der Waals surface area contributed by atoms with Crippen LogP contribution in [0.4, 0.5) is 0 Å². The summed E-state index contributed by atoms with van der Waals surface area (Å²) >= 11 is 2.21. The molecule has 1 aromatic heterocycles. The third kappa shape index (κ3) is 3.40. The molecule has 0 aliphatic heterocycles. The number of aromatic amines is 1. The van der Waals surface area contributed by atoms with E-state index in [4.69, 9.17) is 4.74 Å². The number of ketones is 2. The van der Waals surface area contributed by atoms with E-state index in [9.17, 15) is 9.59 Å². The van der Waals surface area contributed by atoms with Gasteiger partial charge in [0, 0.05) is 14.8 Å². The number of carbonyl (C=O) groups is 2. The number of carbonyl (C=O) groups excluding carboxylic acids is 2. The zero-order valence-electron chi connectivity index (χ0n) is 13.0. The van der Waals surface area contributed by atoms with E-state index in [0.29, 0.717) is 22.6 Å². The molecule has 0 saturated heterocycles. The highest BCUT2D eigenvalue weighted by atomic mass is 127. The summed E-state index contributed by atoms with van der Waals surface area (Å²) in [6.07, 6.45) is -0.628. The van der Waals surface area contributed by atoms with Gasteiger partial charge in [0.2, 0.25) is 5.78 Å². The number of halogens is 1. The van der Waals surface area contributed by atoms with Crippen molar-refractivity contribution < 1.29 is 14.3 Å². The maximum Gasteiger partial charge on any atom is 0.219 e. The van der Waals surface area contributed by atoms with E-state index in [1.807, 2.05) is 24.3 Å². The summed E-state index contributed by atoms with van der Waals surface area (Å²) in [5.74, 6) is 0.442. The quantitative estimate of drug-likeness (QED) is 0.596. The van der Waals surface area contributed by atoms with Crippen LogP contribution >= 0.6 is 22.6 Å². The van der Waals surface area contributed by atoms with Crippen molar-refractivity contribution in [2.45, 2.75) is 33.8 Å². The Morgan fingerprint density at radius 3 is 2.27 bits per heavy atom. The van der Waals surface area contributed by atoms with Gasteiger partial charge < -0.3 is 9.72 Å². The number of ether oxygens (including phenoxy) is 1. The number of hydrogen-bond acceptors (Lipinski definition) is 3. The number of Topliss-reactive ketones (excluding diaryl/α,β-unsaturated/α-hetero) is 2. The Morgan fingerprint density at radius 2 is 1.77 bits per heavy atom. The summed E-state index contributed by atoms with van der Waals surface area (Å²) in [7, 11) is 0. The summed E-state index contributed by atoms with van der Waals surface area (Å²) in [4.78, 5) is 27.2. The number of benzene rings is 1. The molecule has 0 aliphatic rings. The standard InChI is InChI=1S/C17H18INO3/c1-9-15(11(3)20)10(2)19-16(9)17(21)12(4)22-14-7-5-13(18)6-8-14/h5-8,12,19H,1-4H3/t12-/m1/s1. The van der Waals surface area contributed by atoms with Gasteiger partial charge in [-0.2, -0.15) is 0 Å². The highest BCUT2D eigenvalue weighted by molar-refractivity contribution is 14.1. The Labute approximate surface area is 143 Å². The molecule has 0 aliphatic carbocycles. The van der Waals surface area contributed by atoms with Crippen LogP contribution in [0.2, 0.25) is 0 Å². The molecule has 0 fully saturated rings. The number of rotatable bonds is 5.